The molecule has 1 fully saturated rings. The first-order chi connectivity index (χ1) is 8.28. The highest BCUT2D eigenvalue weighted by Crippen LogP contribution is 2.16. The molecule has 0 atom stereocenters. The Kier molecular flexibility index (Phi) is 4.57. The van der Waals surface area contributed by atoms with E-state index < -0.39 is 0 Å². The molecule has 1 aromatic rings. The first-order valence-corrected chi connectivity index (χ1v) is 6.62. The smallest absolute Gasteiger partial charge is 0.134 e. The van der Waals surface area contributed by atoms with Gasteiger partial charge >= 0.3 is 0 Å². The van der Waals surface area contributed by atoms with Crippen LogP contribution in [-0.2, 0) is 0 Å². The summed E-state index contributed by atoms with van der Waals surface area (Å²) in [5, 5.41) is 3.91. The highest BCUT2D eigenvalue weighted by Gasteiger charge is 2.18. The maximum Gasteiger partial charge on any atom is 0.134 e. The second-order valence-electron chi connectivity index (χ2n) is 4.49. The van der Waals surface area contributed by atoms with Crippen molar-refractivity contribution >= 4 is 17.4 Å². The Morgan fingerprint density at radius 3 is 2.82 bits per heavy atom. The molecule has 1 N–H and O–H groups in total. The van der Waals surface area contributed by atoms with Gasteiger partial charge in [0.15, 0.2) is 0 Å². The number of halogens is 1. The predicted molar refractivity (Wildman–Crippen MR) is 70.4 cm³/mol. The molecule has 17 heavy (non-hydrogen) atoms. The van der Waals surface area contributed by atoms with Crippen LogP contribution in [0.5, 0.6) is 0 Å². The first kappa shape index (κ1) is 12.6. The fourth-order valence-corrected chi connectivity index (χ4v) is 2.39. The van der Waals surface area contributed by atoms with Crippen molar-refractivity contribution in [3.05, 3.63) is 17.5 Å². The number of likely N-dealkylation sites (tertiary alicyclic amines) is 1. The van der Waals surface area contributed by atoms with E-state index in [1.807, 2.05) is 0 Å². The van der Waals surface area contributed by atoms with Crippen molar-refractivity contribution in [1.82, 2.24) is 14.9 Å². The summed E-state index contributed by atoms with van der Waals surface area (Å²) in [6.07, 6.45) is 5.07. The molecular formula is C12H19ClN4. The van der Waals surface area contributed by atoms with Gasteiger partial charge in [0.05, 0.1) is 0 Å². The number of piperidine rings is 1. The lowest BCUT2D eigenvalue weighted by Crippen LogP contribution is -2.39. The van der Waals surface area contributed by atoms with Crippen LogP contribution in [0.3, 0.4) is 0 Å². The third-order valence-corrected chi connectivity index (χ3v) is 3.32. The number of nitrogens with one attached hydrogen (secondary N) is 1. The van der Waals surface area contributed by atoms with Crippen molar-refractivity contribution in [2.45, 2.75) is 32.2 Å². The van der Waals surface area contributed by atoms with E-state index in [4.69, 9.17) is 11.6 Å². The lowest BCUT2D eigenvalue weighted by atomic mass is 10.0. The minimum absolute atomic E-state index is 0.492. The maximum absolute atomic E-state index is 5.83. The maximum atomic E-state index is 5.83. The highest BCUT2D eigenvalue weighted by atomic mass is 35.5. The Bertz CT molecular complexity index is 350. The minimum Gasteiger partial charge on any atom is -0.367 e. The first-order valence-electron chi connectivity index (χ1n) is 6.24. The molecule has 1 aliphatic heterocycles. The molecule has 0 aromatic carbocycles. The van der Waals surface area contributed by atoms with Crippen LogP contribution in [0.2, 0.25) is 5.15 Å². The highest BCUT2D eigenvalue weighted by molar-refractivity contribution is 6.29. The standard InChI is InChI=1S/C12H19ClN4/c1-2-5-17-6-3-10(4-7-17)16-12-8-11(13)14-9-15-12/h8-10H,2-7H2,1H3,(H,14,15,16). The average molecular weight is 255 g/mol. The molecule has 0 radical (unpaired) electrons. The summed E-state index contributed by atoms with van der Waals surface area (Å²) in [6, 6.07) is 2.29. The van der Waals surface area contributed by atoms with Crippen molar-refractivity contribution < 1.29 is 0 Å². The normalized spacial score (nSPS) is 18.2. The Balaban J connectivity index is 1.82. The van der Waals surface area contributed by atoms with Crippen molar-refractivity contribution in [3.8, 4) is 0 Å². The number of nitrogens with zero attached hydrogens (tertiary/aromatic N) is 3. The summed E-state index contributed by atoms with van der Waals surface area (Å²) in [5.74, 6) is 0.832. The van der Waals surface area contributed by atoms with Gasteiger partial charge in [-0.25, -0.2) is 9.97 Å². The fraction of sp³-hybridized carbons (Fsp3) is 0.667. The second kappa shape index (κ2) is 6.17. The summed E-state index contributed by atoms with van der Waals surface area (Å²) < 4.78 is 0. The minimum atomic E-state index is 0.492. The molecule has 0 saturated carbocycles. The second-order valence-corrected chi connectivity index (χ2v) is 4.87. The largest absolute Gasteiger partial charge is 0.367 e. The molecule has 94 valence electrons. The average Bonchev–Trinajstić information content (AvgIpc) is 2.32. The van der Waals surface area contributed by atoms with Crippen molar-refractivity contribution in [1.29, 1.82) is 0 Å². The van der Waals surface area contributed by atoms with Crippen molar-refractivity contribution in [3.63, 3.8) is 0 Å². The molecular weight excluding hydrogens is 236 g/mol. The van der Waals surface area contributed by atoms with Crippen LogP contribution in [0.4, 0.5) is 5.82 Å². The van der Waals surface area contributed by atoms with Gasteiger partial charge in [-0.1, -0.05) is 18.5 Å². The van der Waals surface area contributed by atoms with Gasteiger partial charge in [-0.3, -0.25) is 0 Å². The van der Waals surface area contributed by atoms with Gasteiger partial charge in [0.25, 0.3) is 0 Å². The number of aromatic nitrogens is 2. The molecule has 5 heteroatoms. The lowest BCUT2D eigenvalue weighted by molar-refractivity contribution is 0.219. The van der Waals surface area contributed by atoms with Gasteiger partial charge in [0, 0.05) is 25.2 Å². The van der Waals surface area contributed by atoms with Gasteiger partial charge in [-0.15, -0.1) is 0 Å². The van der Waals surface area contributed by atoms with Gasteiger partial charge in [0.1, 0.15) is 17.3 Å². The Morgan fingerprint density at radius 2 is 2.18 bits per heavy atom. The predicted octanol–water partition coefficient (Wildman–Crippen LogP) is 2.42. The summed E-state index contributed by atoms with van der Waals surface area (Å²) in [5.41, 5.74) is 0. The van der Waals surface area contributed by atoms with E-state index in [1.54, 1.807) is 6.07 Å². The summed E-state index contributed by atoms with van der Waals surface area (Å²) in [7, 11) is 0. The van der Waals surface area contributed by atoms with E-state index in [9.17, 15) is 0 Å². The van der Waals surface area contributed by atoms with E-state index in [1.165, 1.54) is 45.2 Å². The van der Waals surface area contributed by atoms with Gasteiger partial charge in [-0.05, 0) is 25.8 Å². The van der Waals surface area contributed by atoms with Gasteiger partial charge in [-0.2, -0.15) is 0 Å². The molecule has 1 saturated heterocycles. The molecule has 0 spiro atoms. The van der Waals surface area contributed by atoms with Crippen LogP contribution in [0, 0.1) is 0 Å². The molecule has 4 nitrogen and oxygen atoms in total. The summed E-state index contributed by atoms with van der Waals surface area (Å²) in [4.78, 5) is 10.6. The van der Waals surface area contributed by atoms with Crippen molar-refractivity contribution in [2.24, 2.45) is 0 Å². The Labute approximate surface area is 107 Å². The molecule has 2 heterocycles. The van der Waals surface area contributed by atoms with Crippen LogP contribution in [0.15, 0.2) is 12.4 Å². The molecule has 2 rings (SSSR count). The molecule has 0 unspecified atom stereocenters. The van der Waals surface area contributed by atoms with Gasteiger partial charge < -0.3 is 10.2 Å². The number of anilines is 1. The van der Waals surface area contributed by atoms with Gasteiger partial charge in [0.2, 0.25) is 0 Å². The molecule has 0 bridgehead atoms. The molecule has 0 aliphatic carbocycles. The quantitative estimate of drug-likeness (QED) is 0.838. The van der Waals surface area contributed by atoms with Crippen LogP contribution in [-0.4, -0.2) is 40.5 Å². The van der Waals surface area contributed by atoms with Crippen molar-refractivity contribution in [2.75, 3.05) is 25.0 Å². The van der Waals surface area contributed by atoms with E-state index in [-0.39, 0.29) is 0 Å². The Morgan fingerprint density at radius 1 is 1.41 bits per heavy atom. The fourth-order valence-electron chi connectivity index (χ4n) is 2.24. The number of hydrogen-bond donors (Lipinski definition) is 1. The van der Waals surface area contributed by atoms with E-state index in [0.717, 1.165) is 5.82 Å². The van der Waals surface area contributed by atoms with E-state index in [2.05, 4.69) is 27.1 Å². The zero-order chi connectivity index (χ0) is 12.1. The zero-order valence-electron chi connectivity index (χ0n) is 10.2. The zero-order valence-corrected chi connectivity index (χ0v) is 11.0. The van der Waals surface area contributed by atoms with E-state index in [0.29, 0.717) is 11.2 Å². The SMILES string of the molecule is CCCN1CCC(Nc2cc(Cl)ncn2)CC1. The monoisotopic (exact) mass is 254 g/mol. The van der Waals surface area contributed by atoms with Crippen LogP contribution in [0.25, 0.3) is 0 Å². The van der Waals surface area contributed by atoms with Crippen LogP contribution in [0.1, 0.15) is 26.2 Å². The third kappa shape index (κ3) is 3.82. The molecule has 1 aliphatic rings. The molecule has 1 aromatic heterocycles. The van der Waals surface area contributed by atoms with E-state index >= 15 is 0 Å². The lowest BCUT2D eigenvalue weighted by Gasteiger charge is -2.32. The topological polar surface area (TPSA) is 41.0 Å². The van der Waals surface area contributed by atoms with Crippen LogP contribution >= 0.6 is 11.6 Å². The number of hydrogen-bond acceptors (Lipinski definition) is 4. The van der Waals surface area contributed by atoms with Crippen LogP contribution < -0.4 is 5.32 Å². The summed E-state index contributed by atoms with van der Waals surface area (Å²) in [6.45, 7) is 5.79. The molecule has 0 amide bonds. The summed E-state index contributed by atoms with van der Waals surface area (Å²) >= 11 is 5.83. The third-order valence-electron chi connectivity index (χ3n) is 3.11. The Hall–Kier alpha value is -0.870. The number of rotatable bonds is 4.